The summed E-state index contributed by atoms with van der Waals surface area (Å²) in [6.07, 6.45) is 2.67. The average molecular weight is 274 g/mol. The molecule has 1 aromatic carbocycles. The third kappa shape index (κ3) is 4.32. The summed E-state index contributed by atoms with van der Waals surface area (Å²) in [6, 6.07) is 9.87. The molecule has 0 aromatic heterocycles. The van der Waals surface area contributed by atoms with E-state index in [4.69, 9.17) is 0 Å². The molecule has 1 unspecified atom stereocenters. The molecular weight excluding hydrogens is 244 g/mol. The Labute approximate surface area is 124 Å². The Hall–Kier alpha value is -0.860. The first-order valence-corrected chi connectivity index (χ1v) is 8.04. The van der Waals surface area contributed by atoms with Gasteiger partial charge in [0.05, 0.1) is 0 Å². The molecule has 1 fully saturated rings. The lowest BCUT2D eigenvalue weighted by molar-refractivity contribution is 0.253. The van der Waals surface area contributed by atoms with Crippen LogP contribution >= 0.6 is 0 Å². The molecule has 0 saturated carbocycles. The van der Waals surface area contributed by atoms with Gasteiger partial charge < -0.3 is 5.32 Å². The van der Waals surface area contributed by atoms with E-state index in [1.807, 2.05) is 0 Å². The van der Waals surface area contributed by atoms with Crippen molar-refractivity contribution in [3.8, 4) is 0 Å². The fourth-order valence-corrected chi connectivity index (χ4v) is 2.90. The molecule has 20 heavy (non-hydrogen) atoms. The molecule has 112 valence electrons. The molecule has 1 N–H and O–H groups in total. The molecule has 0 radical (unpaired) electrons. The quantitative estimate of drug-likeness (QED) is 0.883. The Morgan fingerprint density at radius 1 is 1.20 bits per heavy atom. The van der Waals surface area contributed by atoms with E-state index in [-0.39, 0.29) is 5.41 Å². The highest BCUT2D eigenvalue weighted by molar-refractivity contribution is 5.27. The molecule has 0 bridgehead atoms. The maximum absolute atomic E-state index is 3.59. The Morgan fingerprint density at radius 3 is 2.40 bits per heavy atom. The molecule has 1 heterocycles. The van der Waals surface area contributed by atoms with Crippen LogP contribution in [-0.4, -0.2) is 30.6 Å². The van der Waals surface area contributed by atoms with Crippen molar-refractivity contribution in [1.29, 1.82) is 0 Å². The summed E-state index contributed by atoms with van der Waals surface area (Å²) in [7, 11) is 0. The minimum Gasteiger partial charge on any atom is -0.313 e. The predicted octanol–water partition coefficient (Wildman–Crippen LogP) is 3.56. The predicted molar refractivity (Wildman–Crippen MR) is 87.1 cm³/mol. The molecule has 1 aliphatic heterocycles. The van der Waals surface area contributed by atoms with E-state index in [0.717, 1.165) is 13.1 Å². The average Bonchev–Trinajstić information content (AvgIpc) is 2.90. The third-order valence-corrected chi connectivity index (χ3v) is 4.31. The van der Waals surface area contributed by atoms with E-state index in [1.165, 1.54) is 37.1 Å². The van der Waals surface area contributed by atoms with Crippen LogP contribution in [0.5, 0.6) is 0 Å². The van der Waals surface area contributed by atoms with Crippen molar-refractivity contribution in [1.82, 2.24) is 10.2 Å². The summed E-state index contributed by atoms with van der Waals surface area (Å²) in [6.45, 7) is 13.6. The van der Waals surface area contributed by atoms with Gasteiger partial charge in [-0.25, -0.2) is 0 Å². The minimum atomic E-state index is 0.247. The van der Waals surface area contributed by atoms with Gasteiger partial charge in [0, 0.05) is 19.1 Å². The second-order valence-electron chi connectivity index (χ2n) is 7.07. The summed E-state index contributed by atoms with van der Waals surface area (Å²) < 4.78 is 0. The number of nitrogens with zero attached hydrogens (tertiary/aromatic N) is 1. The molecule has 0 spiro atoms. The largest absolute Gasteiger partial charge is 0.313 e. The van der Waals surface area contributed by atoms with Gasteiger partial charge in [-0.1, -0.05) is 52.0 Å². The lowest BCUT2D eigenvalue weighted by Crippen LogP contribution is -2.37. The van der Waals surface area contributed by atoms with E-state index in [1.54, 1.807) is 0 Å². The van der Waals surface area contributed by atoms with E-state index >= 15 is 0 Å². The summed E-state index contributed by atoms with van der Waals surface area (Å²) >= 11 is 0. The number of rotatable bonds is 5. The fraction of sp³-hybridized carbons (Fsp3) is 0.667. The second kappa shape index (κ2) is 6.73. The SMILES string of the molecule is CCN(Cc1ccc(C(C)(C)C)cc1)CC1CCCN1. The van der Waals surface area contributed by atoms with Gasteiger partial charge in [-0.05, 0) is 42.5 Å². The maximum atomic E-state index is 3.59. The fourth-order valence-electron chi connectivity index (χ4n) is 2.90. The molecule has 2 heteroatoms. The number of hydrogen-bond donors (Lipinski definition) is 1. The maximum Gasteiger partial charge on any atom is 0.0234 e. The summed E-state index contributed by atoms with van der Waals surface area (Å²) in [5.74, 6) is 0. The van der Waals surface area contributed by atoms with E-state index < -0.39 is 0 Å². The van der Waals surface area contributed by atoms with Gasteiger partial charge in [0.2, 0.25) is 0 Å². The molecule has 1 saturated heterocycles. The van der Waals surface area contributed by atoms with Gasteiger partial charge in [0.15, 0.2) is 0 Å². The molecule has 0 amide bonds. The minimum absolute atomic E-state index is 0.247. The summed E-state index contributed by atoms with van der Waals surface area (Å²) in [4.78, 5) is 2.55. The highest BCUT2D eigenvalue weighted by Crippen LogP contribution is 2.22. The standard InChI is InChI=1S/C18H30N2/c1-5-20(14-17-7-6-12-19-17)13-15-8-10-16(11-9-15)18(2,3)4/h8-11,17,19H,5-7,12-14H2,1-4H3. The van der Waals surface area contributed by atoms with E-state index in [2.05, 4.69) is 62.2 Å². The molecule has 2 nitrogen and oxygen atoms in total. The zero-order chi connectivity index (χ0) is 14.6. The summed E-state index contributed by atoms with van der Waals surface area (Å²) in [5, 5.41) is 3.59. The Balaban J connectivity index is 1.93. The Kier molecular flexibility index (Phi) is 5.22. The number of likely N-dealkylation sites (N-methyl/N-ethyl adjacent to an activating group) is 1. The van der Waals surface area contributed by atoms with Gasteiger partial charge >= 0.3 is 0 Å². The third-order valence-electron chi connectivity index (χ3n) is 4.31. The first-order chi connectivity index (χ1) is 9.49. The topological polar surface area (TPSA) is 15.3 Å². The van der Waals surface area contributed by atoms with Crippen molar-refractivity contribution >= 4 is 0 Å². The smallest absolute Gasteiger partial charge is 0.0234 e. The van der Waals surface area contributed by atoms with Crippen molar-refractivity contribution < 1.29 is 0 Å². The lowest BCUT2D eigenvalue weighted by Gasteiger charge is -2.25. The molecule has 1 atom stereocenters. The van der Waals surface area contributed by atoms with Crippen LogP contribution in [0.4, 0.5) is 0 Å². The van der Waals surface area contributed by atoms with Crippen LogP contribution in [0.1, 0.15) is 51.7 Å². The highest BCUT2D eigenvalue weighted by Gasteiger charge is 2.17. The molecular formula is C18H30N2. The Bertz CT molecular complexity index is 396. The van der Waals surface area contributed by atoms with Gasteiger partial charge in [0.1, 0.15) is 0 Å². The second-order valence-corrected chi connectivity index (χ2v) is 7.07. The van der Waals surface area contributed by atoms with Crippen LogP contribution in [0.25, 0.3) is 0 Å². The van der Waals surface area contributed by atoms with Crippen LogP contribution in [0.15, 0.2) is 24.3 Å². The Morgan fingerprint density at radius 2 is 1.90 bits per heavy atom. The van der Waals surface area contributed by atoms with Crippen molar-refractivity contribution in [2.24, 2.45) is 0 Å². The molecule has 2 rings (SSSR count). The van der Waals surface area contributed by atoms with Crippen LogP contribution in [0, 0.1) is 0 Å². The van der Waals surface area contributed by atoms with E-state index in [9.17, 15) is 0 Å². The first kappa shape index (κ1) is 15.5. The lowest BCUT2D eigenvalue weighted by atomic mass is 9.87. The summed E-state index contributed by atoms with van der Waals surface area (Å²) in [5.41, 5.74) is 3.09. The van der Waals surface area contributed by atoms with E-state index in [0.29, 0.717) is 6.04 Å². The number of hydrogen-bond acceptors (Lipinski definition) is 2. The van der Waals surface area contributed by atoms with Crippen LogP contribution < -0.4 is 5.32 Å². The van der Waals surface area contributed by atoms with Crippen molar-refractivity contribution in [3.63, 3.8) is 0 Å². The van der Waals surface area contributed by atoms with Crippen LogP contribution in [-0.2, 0) is 12.0 Å². The molecule has 1 aliphatic rings. The van der Waals surface area contributed by atoms with Crippen molar-refractivity contribution in [3.05, 3.63) is 35.4 Å². The molecule has 0 aliphatic carbocycles. The van der Waals surface area contributed by atoms with Crippen LogP contribution in [0.2, 0.25) is 0 Å². The van der Waals surface area contributed by atoms with Crippen molar-refractivity contribution in [2.45, 2.75) is 58.5 Å². The number of benzene rings is 1. The van der Waals surface area contributed by atoms with Gasteiger partial charge in [-0.2, -0.15) is 0 Å². The number of nitrogens with one attached hydrogen (secondary N) is 1. The van der Waals surface area contributed by atoms with Gasteiger partial charge in [-0.3, -0.25) is 4.90 Å². The van der Waals surface area contributed by atoms with Crippen LogP contribution in [0.3, 0.4) is 0 Å². The highest BCUT2D eigenvalue weighted by atomic mass is 15.1. The first-order valence-electron chi connectivity index (χ1n) is 8.04. The van der Waals surface area contributed by atoms with Gasteiger partial charge in [0.25, 0.3) is 0 Å². The zero-order valence-corrected chi connectivity index (χ0v) is 13.6. The monoisotopic (exact) mass is 274 g/mol. The van der Waals surface area contributed by atoms with Crippen molar-refractivity contribution in [2.75, 3.05) is 19.6 Å². The normalized spacial score (nSPS) is 19.8. The van der Waals surface area contributed by atoms with Gasteiger partial charge in [-0.15, -0.1) is 0 Å². The zero-order valence-electron chi connectivity index (χ0n) is 13.6. The molecule has 1 aromatic rings.